The zero-order valence-corrected chi connectivity index (χ0v) is 12.6. The number of nitrogens with one attached hydrogen (secondary N) is 1. The van der Waals surface area contributed by atoms with Crippen LogP contribution in [-0.4, -0.2) is 19.1 Å². The van der Waals surface area contributed by atoms with Crippen LogP contribution in [0.3, 0.4) is 0 Å². The van der Waals surface area contributed by atoms with Gasteiger partial charge in [0.1, 0.15) is 0 Å². The molecule has 3 N–H and O–H groups in total. The van der Waals surface area contributed by atoms with E-state index in [1.807, 2.05) is 0 Å². The molecule has 0 spiro atoms. The molecule has 1 aromatic rings. The monoisotopic (exact) mass is 272 g/mol. The Balaban J connectivity index is 1.56. The molecule has 2 saturated carbocycles. The Morgan fingerprint density at radius 2 is 1.70 bits per heavy atom. The van der Waals surface area contributed by atoms with E-state index >= 15 is 0 Å². The fraction of sp³-hybridized carbons (Fsp3) is 0.667. The van der Waals surface area contributed by atoms with Gasteiger partial charge in [-0.3, -0.25) is 0 Å². The Morgan fingerprint density at radius 1 is 1.10 bits per heavy atom. The summed E-state index contributed by atoms with van der Waals surface area (Å²) < 4.78 is 0. The Bertz CT molecular complexity index is 397. The molecule has 2 atom stereocenters. The second-order valence-corrected chi connectivity index (χ2v) is 6.79. The average molecular weight is 272 g/mol. The lowest BCUT2D eigenvalue weighted by Gasteiger charge is -2.27. The van der Waals surface area contributed by atoms with Crippen molar-refractivity contribution in [2.75, 3.05) is 13.1 Å². The third kappa shape index (κ3) is 3.42. The average Bonchev–Trinajstić information content (AvgIpc) is 3.38. The lowest BCUT2D eigenvalue weighted by atomic mass is 9.91. The van der Waals surface area contributed by atoms with Crippen LogP contribution in [0.4, 0.5) is 0 Å². The third-order valence-electron chi connectivity index (χ3n) is 5.25. The van der Waals surface area contributed by atoms with Gasteiger partial charge >= 0.3 is 0 Å². The highest BCUT2D eigenvalue weighted by Crippen LogP contribution is 2.48. The van der Waals surface area contributed by atoms with E-state index in [9.17, 15) is 0 Å². The van der Waals surface area contributed by atoms with Crippen LogP contribution in [0, 0.1) is 17.8 Å². The van der Waals surface area contributed by atoms with Crippen molar-refractivity contribution >= 4 is 0 Å². The molecule has 2 unspecified atom stereocenters. The molecule has 0 aromatic heterocycles. The largest absolute Gasteiger partial charge is 0.329 e. The quantitative estimate of drug-likeness (QED) is 0.763. The fourth-order valence-corrected chi connectivity index (χ4v) is 3.51. The summed E-state index contributed by atoms with van der Waals surface area (Å²) in [5.41, 5.74) is 7.41. The number of nitrogens with two attached hydrogens (primary N) is 1. The maximum absolute atomic E-state index is 6.02. The molecule has 0 aliphatic heterocycles. The van der Waals surface area contributed by atoms with Crippen LogP contribution < -0.4 is 11.1 Å². The maximum atomic E-state index is 6.02. The first kappa shape index (κ1) is 14.1. The van der Waals surface area contributed by atoms with E-state index in [0.29, 0.717) is 12.0 Å². The molecule has 2 aliphatic rings. The predicted octanol–water partition coefficient (Wildman–Crippen LogP) is 3.14. The summed E-state index contributed by atoms with van der Waals surface area (Å²) in [4.78, 5) is 0. The molecule has 2 aliphatic carbocycles. The van der Waals surface area contributed by atoms with Crippen molar-refractivity contribution in [2.24, 2.45) is 23.5 Å². The van der Waals surface area contributed by atoms with Crippen molar-refractivity contribution in [1.82, 2.24) is 5.32 Å². The molecule has 2 fully saturated rings. The van der Waals surface area contributed by atoms with Crippen LogP contribution in [0.5, 0.6) is 0 Å². The van der Waals surface area contributed by atoms with Gasteiger partial charge in [0, 0.05) is 12.6 Å². The molecule has 110 valence electrons. The minimum Gasteiger partial charge on any atom is -0.329 e. The summed E-state index contributed by atoms with van der Waals surface area (Å²) in [5.74, 6) is 3.44. The summed E-state index contributed by atoms with van der Waals surface area (Å²) in [6, 6.07) is 11.2. The van der Waals surface area contributed by atoms with Crippen molar-refractivity contribution in [3.05, 3.63) is 35.9 Å². The Labute approximate surface area is 123 Å². The standard InChI is InChI=1S/C18H28N2/c1-13(14-5-3-2-4-6-14)18(11-19)20-12-17(15-7-8-15)16-9-10-16/h2-6,13,15-18,20H,7-12,19H2,1H3. The van der Waals surface area contributed by atoms with Crippen LogP contribution in [0.2, 0.25) is 0 Å². The van der Waals surface area contributed by atoms with Crippen molar-refractivity contribution in [3.63, 3.8) is 0 Å². The van der Waals surface area contributed by atoms with Crippen molar-refractivity contribution in [1.29, 1.82) is 0 Å². The molecular formula is C18H28N2. The normalized spacial score (nSPS) is 21.9. The minimum atomic E-state index is 0.400. The van der Waals surface area contributed by atoms with Gasteiger partial charge in [-0.05, 0) is 61.5 Å². The highest BCUT2D eigenvalue weighted by molar-refractivity contribution is 5.20. The third-order valence-corrected chi connectivity index (χ3v) is 5.25. The molecule has 0 amide bonds. The first-order valence-corrected chi connectivity index (χ1v) is 8.28. The second kappa shape index (κ2) is 6.28. The van der Waals surface area contributed by atoms with E-state index in [2.05, 4.69) is 42.6 Å². The molecule has 3 rings (SSSR count). The Kier molecular flexibility index (Phi) is 4.42. The van der Waals surface area contributed by atoms with Crippen LogP contribution in [0.1, 0.15) is 44.1 Å². The van der Waals surface area contributed by atoms with Crippen LogP contribution in [0.25, 0.3) is 0 Å². The smallest absolute Gasteiger partial charge is 0.0256 e. The first-order valence-electron chi connectivity index (χ1n) is 8.28. The second-order valence-electron chi connectivity index (χ2n) is 6.79. The maximum Gasteiger partial charge on any atom is 0.0256 e. The summed E-state index contributed by atoms with van der Waals surface area (Å²) >= 11 is 0. The first-order chi connectivity index (χ1) is 9.79. The van der Waals surface area contributed by atoms with Crippen molar-refractivity contribution < 1.29 is 0 Å². The summed E-state index contributed by atoms with van der Waals surface area (Å²) in [6.07, 6.45) is 5.85. The fourth-order valence-electron chi connectivity index (χ4n) is 3.51. The van der Waals surface area contributed by atoms with Gasteiger partial charge in [0.15, 0.2) is 0 Å². The lowest BCUT2D eigenvalue weighted by Crippen LogP contribution is -2.43. The molecule has 0 saturated heterocycles. The zero-order valence-electron chi connectivity index (χ0n) is 12.6. The van der Waals surface area contributed by atoms with Gasteiger partial charge in [0.05, 0.1) is 0 Å². The van der Waals surface area contributed by atoms with Gasteiger partial charge in [0.25, 0.3) is 0 Å². The molecule has 1 aromatic carbocycles. The van der Waals surface area contributed by atoms with Gasteiger partial charge < -0.3 is 11.1 Å². The number of rotatable bonds is 8. The van der Waals surface area contributed by atoms with E-state index in [-0.39, 0.29) is 0 Å². The van der Waals surface area contributed by atoms with Crippen LogP contribution in [0.15, 0.2) is 30.3 Å². The SMILES string of the molecule is CC(c1ccccc1)C(CN)NCC(C1CC1)C1CC1. The molecule has 0 bridgehead atoms. The molecular weight excluding hydrogens is 244 g/mol. The van der Waals surface area contributed by atoms with Gasteiger partial charge in [-0.1, -0.05) is 37.3 Å². The Morgan fingerprint density at radius 3 is 2.20 bits per heavy atom. The molecule has 20 heavy (non-hydrogen) atoms. The number of hydrogen-bond donors (Lipinski definition) is 2. The summed E-state index contributed by atoms with van der Waals surface area (Å²) in [5, 5.41) is 3.79. The number of hydrogen-bond acceptors (Lipinski definition) is 2. The van der Waals surface area contributed by atoms with Gasteiger partial charge in [-0.25, -0.2) is 0 Å². The highest BCUT2D eigenvalue weighted by Gasteiger charge is 2.41. The molecule has 0 radical (unpaired) electrons. The van der Waals surface area contributed by atoms with E-state index in [1.165, 1.54) is 37.8 Å². The Hall–Kier alpha value is -0.860. The van der Waals surface area contributed by atoms with Crippen molar-refractivity contribution in [3.8, 4) is 0 Å². The molecule has 0 heterocycles. The molecule has 2 heteroatoms. The summed E-state index contributed by atoms with van der Waals surface area (Å²) in [6.45, 7) is 4.19. The van der Waals surface area contributed by atoms with Crippen LogP contribution in [-0.2, 0) is 0 Å². The molecule has 2 nitrogen and oxygen atoms in total. The highest BCUT2D eigenvalue weighted by atomic mass is 14.9. The van der Waals surface area contributed by atoms with Gasteiger partial charge in [0.2, 0.25) is 0 Å². The van der Waals surface area contributed by atoms with E-state index in [1.54, 1.807) is 0 Å². The van der Waals surface area contributed by atoms with Gasteiger partial charge in [-0.2, -0.15) is 0 Å². The van der Waals surface area contributed by atoms with Crippen LogP contribution >= 0.6 is 0 Å². The van der Waals surface area contributed by atoms with E-state index in [0.717, 1.165) is 24.3 Å². The van der Waals surface area contributed by atoms with E-state index < -0.39 is 0 Å². The topological polar surface area (TPSA) is 38.0 Å². The lowest BCUT2D eigenvalue weighted by molar-refractivity contribution is 0.341. The summed E-state index contributed by atoms with van der Waals surface area (Å²) in [7, 11) is 0. The van der Waals surface area contributed by atoms with E-state index in [4.69, 9.17) is 5.73 Å². The zero-order chi connectivity index (χ0) is 13.9. The van der Waals surface area contributed by atoms with Gasteiger partial charge in [-0.15, -0.1) is 0 Å². The minimum absolute atomic E-state index is 0.400. The van der Waals surface area contributed by atoms with Crippen molar-refractivity contribution in [2.45, 2.75) is 44.6 Å². The predicted molar refractivity (Wildman–Crippen MR) is 84.6 cm³/mol. The number of benzene rings is 1.